The van der Waals surface area contributed by atoms with Crippen LogP contribution in [0.5, 0.6) is 0 Å². The molecule has 1 heterocycles. The molecule has 0 saturated carbocycles. The number of carbonyl (C=O) groups is 1. The summed E-state index contributed by atoms with van der Waals surface area (Å²) in [5.41, 5.74) is 1.91. The molecule has 0 spiro atoms. The Balaban J connectivity index is 1.78. The minimum atomic E-state index is -0.236. The molecule has 112 valence electrons. The van der Waals surface area contributed by atoms with Crippen molar-refractivity contribution in [3.05, 3.63) is 35.7 Å². The van der Waals surface area contributed by atoms with Crippen molar-refractivity contribution in [3.8, 4) is 11.3 Å². The van der Waals surface area contributed by atoms with Gasteiger partial charge in [0.2, 0.25) is 0 Å². The van der Waals surface area contributed by atoms with Gasteiger partial charge in [-0.15, -0.1) is 11.3 Å². The van der Waals surface area contributed by atoms with Crippen molar-refractivity contribution in [2.75, 3.05) is 25.1 Å². The van der Waals surface area contributed by atoms with Gasteiger partial charge in [0, 0.05) is 30.7 Å². The maximum absolute atomic E-state index is 11.7. The molecule has 0 saturated heterocycles. The Morgan fingerprint density at radius 1 is 1.33 bits per heavy atom. The van der Waals surface area contributed by atoms with Crippen molar-refractivity contribution >= 4 is 22.5 Å². The van der Waals surface area contributed by atoms with Crippen LogP contribution in [-0.4, -0.2) is 30.8 Å². The normalized spacial score (nSPS) is 10.3. The van der Waals surface area contributed by atoms with Crippen molar-refractivity contribution in [2.24, 2.45) is 0 Å². The monoisotopic (exact) mass is 305 g/mol. The summed E-state index contributed by atoms with van der Waals surface area (Å²) in [5, 5.41) is 8.04. The number of ether oxygens (including phenoxy) is 1. The molecule has 0 aliphatic heterocycles. The number of nitrogens with one attached hydrogen (secondary N) is 2. The number of hydrogen-bond donors (Lipinski definition) is 2. The molecule has 2 amide bonds. The van der Waals surface area contributed by atoms with Gasteiger partial charge in [-0.05, 0) is 13.3 Å². The summed E-state index contributed by atoms with van der Waals surface area (Å²) in [6, 6.07) is 9.64. The second-order valence-corrected chi connectivity index (χ2v) is 5.19. The van der Waals surface area contributed by atoms with Crippen LogP contribution >= 0.6 is 11.3 Å². The number of thiazole rings is 1. The predicted molar refractivity (Wildman–Crippen MR) is 85.7 cm³/mol. The Morgan fingerprint density at radius 2 is 2.14 bits per heavy atom. The van der Waals surface area contributed by atoms with E-state index in [9.17, 15) is 4.79 Å². The molecule has 5 nitrogen and oxygen atoms in total. The number of carbonyl (C=O) groups excluding carboxylic acids is 1. The molecule has 0 fully saturated rings. The minimum absolute atomic E-state index is 0.236. The van der Waals surface area contributed by atoms with Crippen LogP contribution in [0.2, 0.25) is 0 Å². The highest BCUT2D eigenvalue weighted by Gasteiger charge is 2.07. The molecule has 6 heteroatoms. The molecule has 2 rings (SSSR count). The molecule has 0 atom stereocenters. The maximum Gasteiger partial charge on any atom is 0.321 e. The lowest BCUT2D eigenvalue weighted by Crippen LogP contribution is -2.30. The number of amides is 2. The van der Waals surface area contributed by atoms with E-state index in [4.69, 9.17) is 4.74 Å². The lowest BCUT2D eigenvalue weighted by Gasteiger charge is -2.05. The Morgan fingerprint density at radius 3 is 2.90 bits per heavy atom. The van der Waals surface area contributed by atoms with E-state index in [2.05, 4.69) is 15.6 Å². The molecule has 0 bridgehead atoms. The van der Waals surface area contributed by atoms with Gasteiger partial charge in [0.15, 0.2) is 5.13 Å². The van der Waals surface area contributed by atoms with Crippen LogP contribution in [0.3, 0.4) is 0 Å². The van der Waals surface area contributed by atoms with Gasteiger partial charge in [-0.1, -0.05) is 30.3 Å². The molecule has 2 aromatic rings. The van der Waals surface area contributed by atoms with E-state index < -0.39 is 0 Å². The fraction of sp³-hybridized carbons (Fsp3) is 0.333. The highest BCUT2D eigenvalue weighted by Crippen LogP contribution is 2.24. The lowest BCUT2D eigenvalue weighted by molar-refractivity contribution is 0.145. The lowest BCUT2D eigenvalue weighted by atomic mass is 10.2. The SMILES string of the molecule is CCOCCCNC(=O)Nc1nc(-c2ccccc2)cs1. The van der Waals surface area contributed by atoms with Gasteiger partial charge in [0.25, 0.3) is 0 Å². The van der Waals surface area contributed by atoms with Gasteiger partial charge in [0.05, 0.1) is 5.69 Å². The Hall–Kier alpha value is -1.92. The van der Waals surface area contributed by atoms with Gasteiger partial charge in [0.1, 0.15) is 0 Å². The first-order valence-corrected chi connectivity index (χ1v) is 7.81. The Labute approximate surface area is 128 Å². The van der Waals surface area contributed by atoms with E-state index in [1.807, 2.05) is 42.6 Å². The van der Waals surface area contributed by atoms with Crippen LogP contribution in [0.1, 0.15) is 13.3 Å². The standard InChI is InChI=1S/C15H19N3O2S/c1-2-20-10-6-9-16-14(19)18-15-17-13(11-21-15)12-7-4-3-5-8-12/h3-5,7-8,11H,2,6,9-10H2,1H3,(H2,16,17,18,19). The minimum Gasteiger partial charge on any atom is -0.382 e. The molecular formula is C15H19N3O2S. The molecule has 0 unspecified atom stereocenters. The van der Waals surface area contributed by atoms with E-state index in [1.165, 1.54) is 11.3 Å². The van der Waals surface area contributed by atoms with E-state index in [-0.39, 0.29) is 6.03 Å². The van der Waals surface area contributed by atoms with Crippen molar-refractivity contribution in [2.45, 2.75) is 13.3 Å². The van der Waals surface area contributed by atoms with Crippen molar-refractivity contribution in [3.63, 3.8) is 0 Å². The van der Waals surface area contributed by atoms with Crippen LogP contribution in [0.15, 0.2) is 35.7 Å². The van der Waals surface area contributed by atoms with Crippen LogP contribution in [0.25, 0.3) is 11.3 Å². The summed E-state index contributed by atoms with van der Waals surface area (Å²) in [5.74, 6) is 0. The number of urea groups is 1. The van der Waals surface area contributed by atoms with Gasteiger partial charge in [-0.3, -0.25) is 5.32 Å². The van der Waals surface area contributed by atoms with Crippen molar-refractivity contribution in [1.82, 2.24) is 10.3 Å². The second kappa shape index (κ2) is 8.39. The molecule has 0 aliphatic rings. The largest absolute Gasteiger partial charge is 0.382 e. The maximum atomic E-state index is 11.7. The quantitative estimate of drug-likeness (QED) is 0.771. The fourth-order valence-corrected chi connectivity index (χ4v) is 2.45. The number of anilines is 1. The predicted octanol–water partition coefficient (Wildman–Crippen LogP) is 3.36. The summed E-state index contributed by atoms with van der Waals surface area (Å²) in [4.78, 5) is 16.1. The summed E-state index contributed by atoms with van der Waals surface area (Å²) < 4.78 is 5.20. The summed E-state index contributed by atoms with van der Waals surface area (Å²) in [7, 11) is 0. The number of hydrogen-bond acceptors (Lipinski definition) is 4. The third-order valence-corrected chi connectivity index (χ3v) is 3.51. The number of benzene rings is 1. The average Bonchev–Trinajstić information content (AvgIpc) is 2.96. The number of rotatable bonds is 7. The molecule has 0 radical (unpaired) electrons. The first-order chi connectivity index (χ1) is 10.3. The molecule has 21 heavy (non-hydrogen) atoms. The van der Waals surface area contributed by atoms with E-state index in [0.717, 1.165) is 17.7 Å². The third kappa shape index (κ3) is 5.17. The van der Waals surface area contributed by atoms with Gasteiger partial charge >= 0.3 is 6.03 Å². The van der Waals surface area contributed by atoms with Crippen LogP contribution in [0.4, 0.5) is 9.93 Å². The molecular weight excluding hydrogens is 286 g/mol. The summed E-state index contributed by atoms with van der Waals surface area (Å²) >= 11 is 1.41. The van der Waals surface area contributed by atoms with Crippen LogP contribution < -0.4 is 10.6 Å². The first kappa shape index (κ1) is 15.5. The van der Waals surface area contributed by atoms with Crippen LogP contribution in [-0.2, 0) is 4.74 Å². The zero-order valence-corrected chi connectivity index (χ0v) is 12.8. The molecule has 1 aromatic carbocycles. The summed E-state index contributed by atoms with van der Waals surface area (Å²) in [6.45, 7) is 3.90. The number of nitrogens with zero attached hydrogens (tertiary/aromatic N) is 1. The van der Waals surface area contributed by atoms with E-state index >= 15 is 0 Å². The summed E-state index contributed by atoms with van der Waals surface area (Å²) in [6.07, 6.45) is 0.800. The van der Waals surface area contributed by atoms with Gasteiger partial charge in [-0.2, -0.15) is 0 Å². The number of aromatic nitrogens is 1. The average molecular weight is 305 g/mol. The van der Waals surface area contributed by atoms with Gasteiger partial charge < -0.3 is 10.1 Å². The third-order valence-electron chi connectivity index (χ3n) is 2.75. The van der Waals surface area contributed by atoms with E-state index in [0.29, 0.717) is 24.9 Å². The highest BCUT2D eigenvalue weighted by atomic mass is 32.1. The second-order valence-electron chi connectivity index (χ2n) is 4.34. The van der Waals surface area contributed by atoms with Crippen molar-refractivity contribution in [1.29, 1.82) is 0 Å². The zero-order chi connectivity index (χ0) is 14.9. The smallest absolute Gasteiger partial charge is 0.321 e. The fourth-order valence-electron chi connectivity index (χ4n) is 1.73. The van der Waals surface area contributed by atoms with E-state index in [1.54, 1.807) is 0 Å². The zero-order valence-electron chi connectivity index (χ0n) is 12.0. The van der Waals surface area contributed by atoms with Crippen molar-refractivity contribution < 1.29 is 9.53 Å². The molecule has 2 N–H and O–H groups in total. The van der Waals surface area contributed by atoms with Gasteiger partial charge in [-0.25, -0.2) is 9.78 Å². The first-order valence-electron chi connectivity index (χ1n) is 6.93. The van der Waals surface area contributed by atoms with Crippen LogP contribution in [0, 0.1) is 0 Å². The Kier molecular flexibility index (Phi) is 6.18. The topological polar surface area (TPSA) is 63.2 Å². The Bertz CT molecular complexity index is 557. The highest BCUT2D eigenvalue weighted by molar-refractivity contribution is 7.14. The molecule has 0 aliphatic carbocycles. The molecule has 1 aromatic heterocycles.